The summed E-state index contributed by atoms with van der Waals surface area (Å²) < 4.78 is 6.14. The number of rotatable bonds is 5. The van der Waals surface area contributed by atoms with Gasteiger partial charge >= 0.3 is 0 Å². The second kappa shape index (κ2) is 8.05. The monoisotopic (exact) mass is 482 g/mol. The van der Waals surface area contributed by atoms with Gasteiger partial charge < -0.3 is 9.84 Å². The Hall–Kier alpha value is -3.20. The molecule has 9 heteroatoms. The molecule has 0 saturated heterocycles. The van der Waals surface area contributed by atoms with E-state index in [4.69, 9.17) is 16.3 Å². The number of thiophene rings is 1. The second-order valence-electron chi connectivity index (χ2n) is 7.03. The van der Waals surface area contributed by atoms with Gasteiger partial charge in [0.05, 0.1) is 33.8 Å². The lowest BCUT2D eigenvalue weighted by Crippen LogP contribution is -2.30. The first kappa shape index (κ1) is 20.7. The molecule has 5 rings (SSSR count). The van der Waals surface area contributed by atoms with Crippen LogP contribution in [0.5, 0.6) is 5.75 Å². The van der Waals surface area contributed by atoms with Gasteiger partial charge in [-0.1, -0.05) is 41.1 Å². The smallest absolute Gasteiger partial charge is 0.296 e. The van der Waals surface area contributed by atoms with E-state index in [2.05, 4.69) is 4.98 Å². The van der Waals surface area contributed by atoms with E-state index >= 15 is 0 Å². The first-order valence-corrected chi connectivity index (χ1v) is 11.6. The fourth-order valence-corrected chi connectivity index (χ4v) is 5.64. The number of carbonyl (C=O) groups is 2. The summed E-state index contributed by atoms with van der Waals surface area (Å²) >= 11 is 8.63. The molecular weight excluding hydrogens is 468 g/mol. The minimum absolute atomic E-state index is 0.0167. The van der Waals surface area contributed by atoms with Crippen LogP contribution in [-0.2, 0) is 4.79 Å². The highest BCUT2D eigenvalue weighted by molar-refractivity contribution is 7.22. The van der Waals surface area contributed by atoms with Crippen molar-refractivity contribution in [1.29, 1.82) is 0 Å². The normalized spacial score (nSPS) is 16.2. The number of aliphatic hydroxyl groups is 1. The summed E-state index contributed by atoms with van der Waals surface area (Å²) in [6, 6.07) is 14.9. The van der Waals surface area contributed by atoms with Gasteiger partial charge in [0.2, 0.25) is 5.78 Å². The number of amides is 1. The molecule has 1 aliphatic heterocycles. The Balaban J connectivity index is 1.69. The van der Waals surface area contributed by atoms with E-state index in [1.807, 2.05) is 0 Å². The summed E-state index contributed by atoms with van der Waals surface area (Å²) in [5.74, 6) is -1.08. The third-order valence-corrected chi connectivity index (χ3v) is 7.27. The largest absolute Gasteiger partial charge is 0.503 e. The first-order valence-electron chi connectivity index (χ1n) is 9.53. The molecule has 0 spiro atoms. The third kappa shape index (κ3) is 3.37. The van der Waals surface area contributed by atoms with Crippen molar-refractivity contribution in [2.24, 2.45) is 0 Å². The van der Waals surface area contributed by atoms with Crippen LogP contribution in [0, 0.1) is 0 Å². The maximum Gasteiger partial charge on any atom is 0.296 e. The molecule has 0 fully saturated rings. The average molecular weight is 483 g/mol. The number of thiazole rings is 1. The van der Waals surface area contributed by atoms with Gasteiger partial charge in [-0.25, -0.2) is 4.98 Å². The predicted octanol–water partition coefficient (Wildman–Crippen LogP) is 5.80. The first-order chi connectivity index (χ1) is 15.5. The number of nitrogens with zero attached hydrogens (tertiary/aromatic N) is 2. The number of Topliss-reactive ketones (excluding diaryl/α,β-unsaturated/α-hetero) is 1. The molecule has 4 aromatic rings. The van der Waals surface area contributed by atoms with Crippen molar-refractivity contribution in [2.45, 2.75) is 6.04 Å². The SMILES string of the molecule is COc1cccc(C2C(C(=O)c3cccs3)=C(O)C(=O)N2c2nc3ccc(Cl)cc3s2)c1. The van der Waals surface area contributed by atoms with E-state index in [0.717, 1.165) is 4.70 Å². The zero-order chi connectivity index (χ0) is 22.4. The van der Waals surface area contributed by atoms with Gasteiger partial charge in [0.15, 0.2) is 10.9 Å². The molecule has 1 aliphatic rings. The maximum absolute atomic E-state index is 13.3. The Bertz CT molecular complexity index is 1390. The molecule has 6 nitrogen and oxygen atoms in total. The highest BCUT2D eigenvalue weighted by Crippen LogP contribution is 2.45. The molecule has 0 radical (unpaired) electrons. The third-order valence-electron chi connectivity index (χ3n) is 5.15. The highest BCUT2D eigenvalue weighted by atomic mass is 35.5. The number of ether oxygens (including phenoxy) is 1. The van der Waals surface area contributed by atoms with Gasteiger partial charge in [0.25, 0.3) is 5.91 Å². The van der Waals surface area contributed by atoms with Crippen molar-refractivity contribution in [3.63, 3.8) is 0 Å². The minimum atomic E-state index is -0.858. The fourth-order valence-electron chi connectivity index (χ4n) is 3.69. The molecule has 1 N–H and O–H groups in total. The van der Waals surface area contributed by atoms with Crippen LogP contribution in [0.1, 0.15) is 21.3 Å². The van der Waals surface area contributed by atoms with Crippen molar-refractivity contribution in [3.05, 3.63) is 86.8 Å². The number of benzene rings is 2. The lowest BCUT2D eigenvalue weighted by molar-refractivity contribution is -0.117. The van der Waals surface area contributed by atoms with Crippen LogP contribution in [0.15, 0.2) is 71.3 Å². The molecule has 160 valence electrons. The molecule has 0 aliphatic carbocycles. The minimum Gasteiger partial charge on any atom is -0.503 e. The van der Waals surface area contributed by atoms with Crippen LogP contribution < -0.4 is 9.64 Å². The number of fused-ring (bicyclic) bond motifs is 1. The Morgan fingerprint density at radius 1 is 1.19 bits per heavy atom. The second-order valence-corrected chi connectivity index (χ2v) is 9.42. The lowest BCUT2D eigenvalue weighted by Gasteiger charge is -2.24. The van der Waals surface area contributed by atoms with Crippen molar-refractivity contribution in [1.82, 2.24) is 4.98 Å². The van der Waals surface area contributed by atoms with Crippen LogP contribution >= 0.6 is 34.3 Å². The van der Waals surface area contributed by atoms with Crippen LogP contribution in [0.4, 0.5) is 5.13 Å². The summed E-state index contributed by atoms with van der Waals surface area (Å²) in [5, 5.41) is 13.5. The molecule has 0 saturated carbocycles. The predicted molar refractivity (Wildman–Crippen MR) is 126 cm³/mol. The number of hydrogen-bond acceptors (Lipinski definition) is 7. The number of ketones is 1. The molecule has 2 aromatic heterocycles. The molecule has 1 atom stereocenters. The Kier molecular flexibility index (Phi) is 5.21. The number of carbonyl (C=O) groups excluding carboxylic acids is 2. The number of hydrogen-bond donors (Lipinski definition) is 1. The van der Waals surface area contributed by atoms with Crippen molar-refractivity contribution >= 4 is 61.3 Å². The zero-order valence-corrected chi connectivity index (χ0v) is 19.0. The fraction of sp³-hybridized carbons (Fsp3) is 0.0870. The van der Waals surface area contributed by atoms with Crippen molar-refractivity contribution in [2.75, 3.05) is 12.0 Å². The van der Waals surface area contributed by atoms with Crippen LogP contribution in [-0.4, -0.2) is 28.9 Å². The molecule has 1 amide bonds. The number of aromatic nitrogens is 1. The summed E-state index contributed by atoms with van der Waals surface area (Å²) in [5.41, 5.74) is 1.31. The Morgan fingerprint density at radius 3 is 2.78 bits per heavy atom. The summed E-state index contributed by atoms with van der Waals surface area (Å²) in [7, 11) is 1.54. The molecule has 2 aromatic carbocycles. The quantitative estimate of drug-likeness (QED) is 0.363. The summed E-state index contributed by atoms with van der Waals surface area (Å²) in [6.45, 7) is 0. The Labute approximate surface area is 196 Å². The molecule has 3 heterocycles. The van der Waals surface area contributed by atoms with Crippen LogP contribution in [0.2, 0.25) is 5.02 Å². The zero-order valence-electron chi connectivity index (χ0n) is 16.6. The van der Waals surface area contributed by atoms with Crippen molar-refractivity contribution < 1.29 is 19.4 Å². The van der Waals surface area contributed by atoms with E-state index < -0.39 is 23.5 Å². The molecule has 1 unspecified atom stereocenters. The maximum atomic E-state index is 13.3. The van der Waals surface area contributed by atoms with Gasteiger partial charge in [0.1, 0.15) is 5.75 Å². The van der Waals surface area contributed by atoms with Gasteiger partial charge in [0, 0.05) is 5.02 Å². The number of halogens is 1. The van der Waals surface area contributed by atoms with Crippen LogP contribution in [0.3, 0.4) is 0 Å². The Morgan fingerprint density at radius 2 is 2.03 bits per heavy atom. The van der Waals surface area contributed by atoms with Gasteiger partial charge in [-0.3, -0.25) is 14.5 Å². The summed E-state index contributed by atoms with van der Waals surface area (Å²) in [6.07, 6.45) is 0. The highest BCUT2D eigenvalue weighted by Gasteiger charge is 2.46. The van der Waals surface area contributed by atoms with Gasteiger partial charge in [-0.2, -0.15) is 0 Å². The van der Waals surface area contributed by atoms with Gasteiger partial charge in [-0.05, 0) is 47.3 Å². The number of aliphatic hydroxyl groups excluding tert-OH is 1. The number of anilines is 1. The van der Waals surface area contributed by atoms with E-state index in [1.54, 1.807) is 67.1 Å². The summed E-state index contributed by atoms with van der Waals surface area (Å²) in [4.78, 5) is 33.0. The average Bonchev–Trinajstić information content (AvgIpc) is 3.52. The topological polar surface area (TPSA) is 79.7 Å². The lowest BCUT2D eigenvalue weighted by atomic mass is 9.95. The van der Waals surface area contributed by atoms with Gasteiger partial charge in [-0.15, -0.1) is 11.3 Å². The van der Waals surface area contributed by atoms with E-state index in [9.17, 15) is 14.7 Å². The van der Waals surface area contributed by atoms with E-state index in [-0.39, 0.29) is 5.57 Å². The van der Waals surface area contributed by atoms with E-state index in [0.29, 0.717) is 31.9 Å². The van der Waals surface area contributed by atoms with Crippen molar-refractivity contribution in [3.8, 4) is 5.75 Å². The number of methoxy groups -OCH3 is 1. The van der Waals surface area contributed by atoms with E-state index in [1.165, 1.54) is 27.6 Å². The van der Waals surface area contributed by atoms with Crippen LogP contribution in [0.25, 0.3) is 10.2 Å². The molecule has 32 heavy (non-hydrogen) atoms. The molecular formula is C23H15ClN2O4S2. The molecule has 0 bridgehead atoms. The standard InChI is InChI=1S/C23H15ClN2O4S2/c1-30-14-5-2-4-12(10-14)19-18(20(27)16-6-3-9-31-16)21(28)22(29)26(19)23-25-15-8-7-13(24)11-17(15)32-23/h2-11,19,28H,1H3.